The Morgan fingerprint density at radius 3 is 2.32 bits per heavy atom. The maximum atomic E-state index is 12.4. The van der Waals surface area contributed by atoms with Crippen molar-refractivity contribution in [3.63, 3.8) is 0 Å². The van der Waals surface area contributed by atoms with Crippen LogP contribution in [0, 0.1) is 0 Å². The lowest BCUT2D eigenvalue weighted by molar-refractivity contribution is -0.137. The number of hydrogen-bond donors (Lipinski definition) is 1. The van der Waals surface area contributed by atoms with Gasteiger partial charge in [0.05, 0.1) is 17.3 Å². The molecule has 1 heterocycles. The molecule has 2 N–H and O–H groups in total. The van der Waals surface area contributed by atoms with Crippen molar-refractivity contribution < 1.29 is 13.2 Å². The Morgan fingerprint density at radius 2 is 1.84 bits per heavy atom. The fourth-order valence-electron chi connectivity index (χ4n) is 1.94. The predicted molar refractivity (Wildman–Crippen MR) is 65.3 cm³/mol. The Hall–Kier alpha value is -1.82. The van der Waals surface area contributed by atoms with Crippen LogP contribution in [0.1, 0.15) is 22.9 Å². The van der Waals surface area contributed by atoms with E-state index in [0.717, 1.165) is 23.4 Å². The minimum atomic E-state index is -4.30. The SMILES string of the molecule is Cn1nccc1C(N)Cc1ccc(C(F)(F)F)cc1. The van der Waals surface area contributed by atoms with Crippen LogP contribution in [0.25, 0.3) is 0 Å². The molecule has 6 heteroatoms. The number of nitrogens with zero attached hydrogens (tertiary/aromatic N) is 2. The van der Waals surface area contributed by atoms with E-state index in [9.17, 15) is 13.2 Å². The Labute approximate surface area is 108 Å². The molecule has 1 unspecified atom stereocenters. The van der Waals surface area contributed by atoms with E-state index in [2.05, 4.69) is 5.10 Å². The maximum absolute atomic E-state index is 12.4. The minimum absolute atomic E-state index is 0.288. The average Bonchev–Trinajstić information content (AvgIpc) is 2.75. The summed E-state index contributed by atoms with van der Waals surface area (Å²) in [6.07, 6.45) is -2.19. The number of aryl methyl sites for hydroxylation is 1. The summed E-state index contributed by atoms with van der Waals surface area (Å²) in [5.41, 5.74) is 6.98. The van der Waals surface area contributed by atoms with Gasteiger partial charge in [-0.3, -0.25) is 4.68 Å². The number of rotatable bonds is 3. The smallest absolute Gasteiger partial charge is 0.322 e. The van der Waals surface area contributed by atoms with Crippen LogP contribution in [0.5, 0.6) is 0 Å². The van der Waals surface area contributed by atoms with Crippen molar-refractivity contribution in [3.8, 4) is 0 Å². The molecule has 3 nitrogen and oxygen atoms in total. The molecule has 0 fully saturated rings. The number of halogens is 3. The molecule has 0 aliphatic heterocycles. The molecule has 1 aromatic carbocycles. The molecule has 0 spiro atoms. The van der Waals surface area contributed by atoms with Crippen molar-refractivity contribution in [2.45, 2.75) is 18.6 Å². The van der Waals surface area contributed by atoms with Gasteiger partial charge in [0, 0.05) is 13.2 Å². The van der Waals surface area contributed by atoms with E-state index in [-0.39, 0.29) is 6.04 Å². The number of alkyl halides is 3. The van der Waals surface area contributed by atoms with E-state index in [0.29, 0.717) is 6.42 Å². The molecule has 1 aromatic heterocycles. The Balaban J connectivity index is 2.10. The normalized spacial score (nSPS) is 13.5. The Bertz CT molecular complexity index is 543. The highest BCUT2D eigenvalue weighted by Crippen LogP contribution is 2.29. The van der Waals surface area contributed by atoms with Gasteiger partial charge in [0.2, 0.25) is 0 Å². The highest BCUT2D eigenvalue weighted by atomic mass is 19.4. The standard InChI is InChI=1S/C13H14F3N3/c1-19-12(6-7-18-19)11(17)8-9-2-4-10(5-3-9)13(14,15)16/h2-7,11H,8,17H2,1H3. The predicted octanol–water partition coefficient (Wildman–Crippen LogP) is 2.68. The fraction of sp³-hybridized carbons (Fsp3) is 0.308. The molecule has 19 heavy (non-hydrogen) atoms. The first-order chi connectivity index (χ1) is 8.88. The summed E-state index contributed by atoms with van der Waals surface area (Å²) in [6.45, 7) is 0. The Kier molecular flexibility index (Phi) is 3.61. The van der Waals surface area contributed by atoms with Gasteiger partial charge in [-0.25, -0.2) is 0 Å². The highest BCUT2D eigenvalue weighted by molar-refractivity contribution is 5.26. The maximum Gasteiger partial charge on any atom is 0.416 e. The number of aromatic nitrogens is 2. The van der Waals surface area contributed by atoms with Crippen molar-refractivity contribution in [3.05, 3.63) is 53.3 Å². The van der Waals surface area contributed by atoms with Crippen LogP contribution in [-0.2, 0) is 19.6 Å². The van der Waals surface area contributed by atoms with Gasteiger partial charge in [0.25, 0.3) is 0 Å². The zero-order chi connectivity index (χ0) is 14.0. The van der Waals surface area contributed by atoms with Crippen molar-refractivity contribution in [1.82, 2.24) is 9.78 Å². The van der Waals surface area contributed by atoms with Gasteiger partial charge in [-0.1, -0.05) is 12.1 Å². The number of nitrogens with two attached hydrogens (primary N) is 1. The number of hydrogen-bond acceptors (Lipinski definition) is 2. The largest absolute Gasteiger partial charge is 0.416 e. The molecule has 0 saturated carbocycles. The molecule has 2 aromatic rings. The summed E-state index contributed by atoms with van der Waals surface area (Å²) < 4.78 is 38.9. The summed E-state index contributed by atoms with van der Waals surface area (Å²) >= 11 is 0. The van der Waals surface area contributed by atoms with Crippen molar-refractivity contribution >= 4 is 0 Å². The topological polar surface area (TPSA) is 43.8 Å². The second-order valence-corrected chi connectivity index (χ2v) is 4.38. The lowest BCUT2D eigenvalue weighted by atomic mass is 10.0. The van der Waals surface area contributed by atoms with Crippen LogP contribution in [-0.4, -0.2) is 9.78 Å². The molecule has 0 saturated heterocycles. The second-order valence-electron chi connectivity index (χ2n) is 4.38. The summed E-state index contributed by atoms with van der Waals surface area (Å²) in [7, 11) is 1.78. The van der Waals surface area contributed by atoms with Crippen LogP contribution in [0.4, 0.5) is 13.2 Å². The summed E-state index contributed by atoms with van der Waals surface area (Å²) in [5.74, 6) is 0. The van der Waals surface area contributed by atoms with Crippen LogP contribution in [0.15, 0.2) is 36.5 Å². The van der Waals surface area contributed by atoms with Gasteiger partial charge >= 0.3 is 6.18 Å². The van der Waals surface area contributed by atoms with E-state index in [1.807, 2.05) is 0 Å². The quantitative estimate of drug-likeness (QED) is 0.931. The first-order valence-electron chi connectivity index (χ1n) is 5.77. The van der Waals surface area contributed by atoms with Gasteiger partial charge < -0.3 is 5.73 Å². The van der Waals surface area contributed by atoms with E-state index in [1.54, 1.807) is 24.0 Å². The van der Waals surface area contributed by atoms with Crippen LogP contribution in [0.2, 0.25) is 0 Å². The first-order valence-corrected chi connectivity index (χ1v) is 5.77. The third-order valence-electron chi connectivity index (χ3n) is 2.98. The first kappa shape index (κ1) is 13.6. The third kappa shape index (κ3) is 3.14. The monoisotopic (exact) mass is 269 g/mol. The van der Waals surface area contributed by atoms with Gasteiger partial charge in [0.15, 0.2) is 0 Å². The van der Waals surface area contributed by atoms with E-state index >= 15 is 0 Å². The molecule has 2 rings (SSSR count). The second kappa shape index (κ2) is 5.05. The lowest BCUT2D eigenvalue weighted by Crippen LogP contribution is -2.17. The van der Waals surface area contributed by atoms with E-state index in [4.69, 9.17) is 5.73 Å². The zero-order valence-corrected chi connectivity index (χ0v) is 10.4. The van der Waals surface area contributed by atoms with E-state index < -0.39 is 11.7 Å². The van der Waals surface area contributed by atoms with Crippen molar-refractivity contribution in [2.24, 2.45) is 12.8 Å². The van der Waals surface area contributed by atoms with Crippen molar-refractivity contribution in [1.29, 1.82) is 0 Å². The van der Waals surface area contributed by atoms with Gasteiger partial charge in [0.1, 0.15) is 0 Å². The van der Waals surface area contributed by atoms with Gasteiger partial charge in [-0.2, -0.15) is 18.3 Å². The molecule has 0 aliphatic rings. The minimum Gasteiger partial charge on any atom is -0.322 e. The summed E-state index contributed by atoms with van der Waals surface area (Å²) in [6, 6.07) is 6.58. The van der Waals surface area contributed by atoms with Gasteiger partial charge in [-0.15, -0.1) is 0 Å². The van der Waals surface area contributed by atoms with Gasteiger partial charge in [-0.05, 0) is 30.2 Å². The molecule has 0 bridgehead atoms. The van der Waals surface area contributed by atoms with Crippen LogP contribution in [0.3, 0.4) is 0 Å². The molecule has 0 amide bonds. The fourth-order valence-corrected chi connectivity index (χ4v) is 1.94. The third-order valence-corrected chi connectivity index (χ3v) is 2.98. The molecule has 1 atom stereocenters. The highest BCUT2D eigenvalue weighted by Gasteiger charge is 2.29. The van der Waals surface area contributed by atoms with Crippen LogP contribution < -0.4 is 5.73 Å². The van der Waals surface area contributed by atoms with E-state index in [1.165, 1.54) is 12.1 Å². The summed E-state index contributed by atoms with van der Waals surface area (Å²) in [4.78, 5) is 0. The summed E-state index contributed by atoms with van der Waals surface area (Å²) in [5, 5.41) is 4.01. The van der Waals surface area contributed by atoms with Crippen LogP contribution >= 0.6 is 0 Å². The number of benzene rings is 1. The molecule has 102 valence electrons. The molecule has 0 aliphatic carbocycles. The van der Waals surface area contributed by atoms with Crippen molar-refractivity contribution in [2.75, 3.05) is 0 Å². The average molecular weight is 269 g/mol. The lowest BCUT2D eigenvalue weighted by Gasteiger charge is -2.13. The zero-order valence-electron chi connectivity index (χ0n) is 10.4. The molecular formula is C13H14F3N3. The molecular weight excluding hydrogens is 255 g/mol. The molecule has 0 radical (unpaired) electrons. The Morgan fingerprint density at radius 1 is 1.21 bits per heavy atom.